The molecule has 0 aliphatic rings. The number of alkyl halides is 3. The molecule has 0 amide bonds. The molecule has 0 fully saturated rings. The van der Waals surface area contributed by atoms with Crippen LogP contribution in [-0.4, -0.2) is 36.6 Å². The molecule has 2 aromatic carbocycles. The van der Waals surface area contributed by atoms with E-state index in [0.717, 1.165) is 17.7 Å². The molecule has 27 heavy (non-hydrogen) atoms. The number of halogens is 3. The number of carboxylic acids is 1. The summed E-state index contributed by atoms with van der Waals surface area (Å²) < 4.78 is 39.5. The minimum Gasteiger partial charge on any atom is -0.481 e. The molecule has 6 heteroatoms. The topological polar surface area (TPSA) is 40.5 Å². The Bertz CT molecular complexity index is 760. The van der Waals surface area contributed by atoms with E-state index in [4.69, 9.17) is 0 Å². The highest BCUT2D eigenvalue weighted by Gasteiger charge is 2.41. The van der Waals surface area contributed by atoms with Crippen LogP contribution >= 0.6 is 0 Å². The standard InChI is InChI=1S/C21H24F3NO2/c1-25(2)14-13-20(19(26)27,12-11-16-7-4-3-5-8-16)17-9-6-10-18(15-17)21(22,23)24/h3-10,15H,11-14H2,1-2H3,(H,26,27). The highest BCUT2D eigenvalue weighted by molar-refractivity contribution is 5.81. The molecule has 0 spiro atoms. The number of hydrogen-bond acceptors (Lipinski definition) is 2. The molecule has 1 N–H and O–H groups in total. The van der Waals surface area contributed by atoms with Crippen LogP contribution in [0.2, 0.25) is 0 Å². The van der Waals surface area contributed by atoms with E-state index in [-0.39, 0.29) is 18.4 Å². The fraction of sp³-hybridized carbons (Fsp3) is 0.381. The molecule has 2 rings (SSSR count). The van der Waals surface area contributed by atoms with Crippen molar-refractivity contribution < 1.29 is 23.1 Å². The predicted molar refractivity (Wildman–Crippen MR) is 98.7 cm³/mol. The van der Waals surface area contributed by atoms with Gasteiger partial charge in [0.25, 0.3) is 0 Å². The van der Waals surface area contributed by atoms with E-state index >= 15 is 0 Å². The fourth-order valence-corrected chi connectivity index (χ4v) is 3.16. The van der Waals surface area contributed by atoms with Crippen molar-refractivity contribution in [2.45, 2.75) is 30.9 Å². The van der Waals surface area contributed by atoms with Crippen molar-refractivity contribution in [3.63, 3.8) is 0 Å². The van der Waals surface area contributed by atoms with Crippen molar-refractivity contribution in [1.82, 2.24) is 4.90 Å². The third-order valence-corrected chi connectivity index (χ3v) is 4.82. The van der Waals surface area contributed by atoms with Gasteiger partial charge in [-0.1, -0.05) is 48.5 Å². The van der Waals surface area contributed by atoms with Crippen molar-refractivity contribution in [2.75, 3.05) is 20.6 Å². The summed E-state index contributed by atoms with van der Waals surface area (Å²) in [6.45, 7) is 0.456. The lowest BCUT2D eigenvalue weighted by molar-refractivity contribution is -0.145. The number of aliphatic carboxylic acids is 1. The number of rotatable bonds is 8. The molecule has 1 atom stereocenters. The molecule has 3 nitrogen and oxygen atoms in total. The summed E-state index contributed by atoms with van der Waals surface area (Å²) >= 11 is 0. The second-order valence-electron chi connectivity index (χ2n) is 7.00. The smallest absolute Gasteiger partial charge is 0.416 e. The zero-order valence-electron chi connectivity index (χ0n) is 15.5. The molecule has 146 valence electrons. The lowest BCUT2D eigenvalue weighted by Crippen LogP contribution is -2.39. The van der Waals surface area contributed by atoms with Crippen molar-refractivity contribution in [3.05, 3.63) is 71.3 Å². The zero-order chi connectivity index (χ0) is 20.1. The van der Waals surface area contributed by atoms with Crippen LogP contribution in [0.15, 0.2) is 54.6 Å². The molecule has 2 aromatic rings. The quantitative estimate of drug-likeness (QED) is 0.728. The van der Waals surface area contributed by atoms with E-state index in [9.17, 15) is 23.1 Å². The Labute approximate surface area is 157 Å². The van der Waals surface area contributed by atoms with Crippen LogP contribution in [0.4, 0.5) is 13.2 Å². The van der Waals surface area contributed by atoms with Gasteiger partial charge in [-0.25, -0.2) is 0 Å². The van der Waals surface area contributed by atoms with Gasteiger partial charge >= 0.3 is 12.1 Å². The molecule has 0 saturated heterocycles. The van der Waals surface area contributed by atoms with Gasteiger partial charge in [-0.05, 0) is 57.1 Å². The van der Waals surface area contributed by atoms with E-state index < -0.39 is 23.1 Å². The lowest BCUT2D eigenvalue weighted by atomic mass is 9.73. The van der Waals surface area contributed by atoms with Gasteiger partial charge in [-0.2, -0.15) is 13.2 Å². The van der Waals surface area contributed by atoms with Crippen LogP contribution in [0.3, 0.4) is 0 Å². The number of hydrogen-bond donors (Lipinski definition) is 1. The van der Waals surface area contributed by atoms with Gasteiger partial charge in [-0.15, -0.1) is 0 Å². The number of carboxylic acid groups (broad SMARTS) is 1. The number of nitrogens with zero attached hydrogens (tertiary/aromatic N) is 1. The van der Waals surface area contributed by atoms with Crippen LogP contribution in [0.5, 0.6) is 0 Å². The minimum absolute atomic E-state index is 0.197. The first-order valence-electron chi connectivity index (χ1n) is 8.75. The number of aryl methyl sites for hydroxylation is 1. The van der Waals surface area contributed by atoms with Crippen LogP contribution in [0.1, 0.15) is 29.5 Å². The first-order valence-corrected chi connectivity index (χ1v) is 8.75. The Hall–Kier alpha value is -2.34. The molecule has 0 saturated carbocycles. The normalized spacial score (nSPS) is 14.1. The Morgan fingerprint density at radius 1 is 0.963 bits per heavy atom. The van der Waals surface area contributed by atoms with E-state index in [2.05, 4.69) is 0 Å². The molecule has 1 unspecified atom stereocenters. The van der Waals surface area contributed by atoms with Crippen molar-refractivity contribution in [2.24, 2.45) is 0 Å². The maximum atomic E-state index is 13.2. The molecular weight excluding hydrogens is 355 g/mol. The molecule has 0 aliphatic carbocycles. The molecular formula is C21H24F3NO2. The van der Waals surface area contributed by atoms with Gasteiger partial charge in [0, 0.05) is 0 Å². The summed E-state index contributed by atoms with van der Waals surface area (Å²) in [6, 6.07) is 14.1. The summed E-state index contributed by atoms with van der Waals surface area (Å²) in [6.07, 6.45) is -3.59. The first kappa shape index (κ1) is 21.0. The Balaban J connectivity index is 2.45. The average Bonchev–Trinajstić information content (AvgIpc) is 2.62. The van der Waals surface area contributed by atoms with E-state index in [1.165, 1.54) is 12.1 Å². The van der Waals surface area contributed by atoms with Gasteiger partial charge in [-0.3, -0.25) is 4.79 Å². The highest BCUT2D eigenvalue weighted by Crippen LogP contribution is 2.37. The van der Waals surface area contributed by atoms with Gasteiger partial charge in [0.15, 0.2) is 0 Å². The third kappa shape index (κ3) is 5.32. The van der Waals surface area contributed by atoms with Crippen molar-refractivity contribution >= 4 is 5.97 Å². The lowest BCUT2D eigenvalue weighted by Gasteiger charge is -2.32. The predicted octanol–water partition coefficient (Wildman–Crippen LogP) is 4.61. The second kappa shape index (κ2) is 8.57. The summed E-state index contributed by atoms with van der Waals surface area (Å²) in [5, 5.41) is 10.1. The molecule has 0 bridgehead atoms. The van der Waals surface area contributed by atoms with E-state index in [1.54, 1.807) is 0 Å². The summed E-state index contributed by atoms with van der Waals surface area (Å²) in [7, 11) is 3.63. The summed E-state index contributed by atoms with van der Waals surface area (Å²) in [5.41, 5.74) is -1.06. The monoisotopic (exact) mass is 379 g/mol. The number of carbonyl (C=O) groups is 1. The maximum absolute atomic E-state index is 13.2. The van der Waals surface area contributed by atoms with Crippen LogP contribution in [0, 0.1) is 0 Å². The zero-order valence-corrected chi connectivity index (χ0v) is 15.5. The largest absolute Gasteiger partial charge is 0.481 e. The van der Waals surface area contributed by atoms with Gasteiger partial charge in [0.05, 0.1) is 11.0 Å². The molecule has 0 heterocycles. The van der Waals surface area contributed by atoms with Crippen LogP contribution < -0.4 is 0 Å². The first-order chi connectivity index (χ1) is 12.6. The van der Waals surface area contributed by atoms with Gasteiger partial charge in [0.1, 0.15) is 0 Å². The Morgan fingerprint density at radius 2 is 1.59 bits per heavy atom. The fourth-order valence-electron chi connectivity index (χ4n) is 3.16. The Morgan fingerprint density at radius 3 is 2.15 bits per heavy atom. The molecule has 0 aliphatic heterocycles. The average molecular weight is 379 g/mol. The van der Waals surface area contributed by atoms with Crippen LogP contribution in [0.25, 0.3) is 0 Å². The summed E-state index contributed by atoms with van der Waals surface area (Å²) in [5.74, 6) is -1.10. The van der Waals surface area contributed by atoms with Crippen molar-refractivity contribution in [1.29, 1.82) is 0 Å². The SMILES string of the molecule is CN(C)CCC(CCc1ccccc1)(C(=O)O)c1cccc(C(F)(F)F)c1. The number of benzene rings is 2. The van der Waals surface area contributed by atoms with E-state index in [0.29, 0.717) is 13.0 Å². The van der Waals surface area contributed by atoms with E-state index in [1.807, 2.05) is 49.3 Å². The van der Waals surface area contributed by atoms with Gasteiger partial charge < -0.3 is 10.0 Å². The summed E-state index contributed by atoms with van der Waals surface area (Å²) in [4.78, 5) is 14.2. The molecule has 0 radical (unpaired) electrons. The molecule has 0 aromatic heterocycles. The van der Waals surface area contributed by atoms with Crippen LogP contribution in [-0.2, 0) is 22.8 Å². The Kier molecular flexibility index (Phi) is 6.65. The third-order valence-electron chi connectivity index (χ3n) is 4.82. The second-order valence-corrected chi connectivity index (χ2v) is 7.00. The minimum atomic E-state index is -4.51. The highest BCUT2D eigenvalue weighted by atomic mass is 19.4. The van der Waals surface area contributed by atoms with Crippen molar-refractivity contribution in [3.8, 4) is 0 Å². The maximum Gasteiger partial charge on any atom is 0.416 e. The van der Waals surface area contributed by atoms with Gasteiger partial charge in [0.2, 0.25) is 0 Å².